The van der Waals surface area contributed by atoms with Gasteiger partial charge in [0, 0.05) is 29.6 Å². The topological polar surface area (TPSA) is 113 Å². The van der Waals surface area contributed by atoms with Crippen LogP contribution >= 0.6 is 0 Å². The number of allylic oxidation sites excluding steroid dienone is 6. The van der Waals surface area contributed by atoms with E-state index in [2.05, 4.69) is 0 Å². The van der Waals surface area contributed by atoms with E-state index in [4.69, 9.17) is 28.9 Å². The van der Waals surface area contributed by atoms with Gasteiger partial charge >= 0.3 is 18.1 Å². The Labute approximate surface area is 208 Å². The predicted molar refractivity (Wildman–Crippen MR) is 130 cm³/mol. The third kappa shape index (κ3) is 3.94. The Morgan fingerprint density at radius 3 is 2.42 bits per heavy atom. The Morgan fingerprint density at radius 2 is 1.67 bits per heavy atom. The maximum Gasteiger partial charge on any atom is 0.508 e. The van der Waals surface area contributed by atoms with Crippen LogP contribution in [0, 0.1) is 0 Å². The zero-order valence-corrected chi connectivity index (χ0v) is 20.4. The van der Waals surface area contributed by atoms with Crippen molar-refractivity contribution in [1.29, 1.82) is 0 Å². The molecule has 5 aliphatic rings. The van der Waals surface area contributed by atoms with E-state index in [1.54, 1.807) is 32.9 Å². The number of carbonyl (C=O) groups excluding carboxylic acids is 3. The molecule has 0 amide bonds. The molecule has 2 aliphatic heterocycles. The molecule has 0 spiro atoms. The second kappa shape index (κ2) is 9.56. The highest BCUT2D eigenvalue weighted by Crippen LogP contribution is 2.47. The summed E-state index contributed by atoms with van der Waals surface area (Å²) < 4.78 is 21.2. The van der Waals surface area contributed by atoms with Crippen molar-refractivity contribution in [3.63, 3.8) is 0 Å². The first-order chi connectivity index (χ1) is 17.5. The second-order valence-electron chi connectivity index (χ2n) is 8.49. The van der Waals surface area contributed by atoms with Gasteiger partial charge in [0.25, 0.3) is 0 Å². The van der Waals surface area contributed by atoms with Crippen LogP contribution in [0.1, 0.15) is 40.0 Å². The number of fused-ring (bicyclic) bond motifs is 5. The molecule has 0 saturated carbocycles. The van der Waals surface area contributed by atoms with Gasteiger partial charge < -0.3 is 18.9 Å². The van der Waals surface area contributed by atoms with Crippen LogP contribution in [-0.2, 0) is 28.5 Å². The van der Waals surface area contributed by atoms with E-state index >= 15 is 0 Å². The minimum Gasteiger partial charge on any atom is -0.463 e. The Balaban J connectivity index is 1.59. The van der Waals surface area contributed by atoms with Crippen LogP contribution in [0.3, 0.4) is 0 Å². The molecule has 3 aliphatic carbocycles. The molecule has 0 bridgehead atoms. The molecule has 186 valence electrons. The molecule has 0 aromatic heterocycles. The van der Waals surface area contributed by atoms with Crippen molar-refractivity contribution in [2.24, 2.45) is 9.98 Å². The SMILES string of the molecule is CCOC(=O)OC1CC2=C(N=C3CC(C(=O)OCC)=CC=C32)C2=NC3=C(C(=O)OCC)C=CCC3=C21. The number of ether oxygens (including phenoxy) is 4. The van der Waals surface area contributed by atoms with Crippen LogP contribution in [0.15, 0.2) is 79.1 Å². The molecule has 5 rings (SSSR count). The summed E-state index contributed by atoms with van der Waals surface area (Å²) in [4.78, 5) is 47.0. The van der Waals surface area contributed by atoms with Gasteiger partial charge in [-0.1, -0.05) is 18.2 Å². The van der Waals surface area contributed by atoms with Crippen LogP contribution in [0.5, 0.6) is 0 Å². The molecule has 0 N–H and O–H groups in total. The predicted octanol–water partition coefficient (Wildman–Crippen LogP) is 3.99. The van der Waals surface area contributed by atoms with Gasteiger partial charge in [-0.3, -0.25) is 0 Å². The van der Waals surface area contributed by atoms with Gasteiger partial charge in [0.2, 0.25) is 0 Å². The minimum absolute atomic E-state index is 0.188. The number of esters is 2. The summed E-state index contributed by atoms with van der Waals surface area (Å²) in [6.45, 7) is 5.95. The van der Waals surface area contributed by atoms with Gasteiger partial charge in [-0.25, -0.2) is 24.4 Å². The van der Waals surface area contributed by atoms with Crippen molar-refractivity contribution in [3.8, 4) is 0 Å². The number of nitrogens with zero attached hydrogens (tertiary/aromatic N) is 2. The van der Waals surface area contributed by atoms with Gasteiger partial charge in [0.1, 0.15) is 6.10 Å². The maximum absolute atomic E-state index is 12.6. The summed E-state index contributed by atoms with van der Waals surface area (Å²) in [5.74, 6) is -0.828. The second-order valence-corrected chi connectivity index (χ2v) is 8.49. The van der Waals surface area contributed by atoms with Crippen molar-refractivity contribution in [2.45, 2.75) is 46.1 Å². The van der Waals surface area contributed by atoms with E-state index in [0.29, 0.717) is 54.1 Å². The average Bonchev–Trinajstić information content (AvgIpc) is 3.43. The van der Waals surface area contributed by atoms with E-state index in [1.165, 1.54) is 0 Å². The van der Waals surface area contributed by atoms with Crippen molar-refractivity contribution in [3.05, 3.63) is 69.1 Å². The lowest BCUT2D eigenvalue weighted by Crippen LogP contribution is -2.30. The third-order valence-corrected chi connectivity index (χ3v) is 6.40. The minimum atomic E-state index is -0.769. The fourth-order valence-corrected chi connectivity index (χ4v) is 4.96. The molecule has 0 saturated heterocycles. The molecule has 1 unspecified atom stereocenters. The van der Waals surface area contributed by atoms with Crippen LogP contribution in [0.2, 0.25) is 0 Å². The van der Waals surface area contributed by atoms with Crippen LogP contribution in [-0.4, -0.2) is 55.4 Å². The first kappa shape index (κ1) is 23.7. The van der Waals surface area contributed by atoms with E-state index in [-0.39, 0.29) is 19.2 Å². The van der Waals surface area contributed by atoms with Crippen molar-refractivity contribution in [1.82, 2.24) is 0 Å². The normalized spacial score (nSPS) is 21.5. The quantitative estimate of drug-likeness (QED) is 0.409. The summed E-state index contributed by atoms with van der Waals surface area (Å²) in [7, 11) is 0. The molecule has 0 fully saturated rings. The summed E-state index contributed by atoms with van der Waals surface area (Å²) in [5, 5.41) is 0. The average molecular weight is 491 g/mol. The molecule has 0 aromatic rings. The lowest BCUT2D eigenvalue weighted by Gasteiger charge is -2.27. The fraction of sp³-hybridized carbons (Fsp3) is 0.370. The van der Waals surface area contributed by atoms with Crippen molar-refractivity contribution < 1.29 is 33.3 Å². The van der Waals surface area contributed by atoms with E-state index in [0.717, 1.165) is 28.0 Å². The molecular weight excluding hydrogens is 464 g/mol. The zero-order valence-electron chi connectivity index (χ0n) is 20.4. The largest absolute Gasteiger partial charge is 0.508 e. The van der Waals surface area contributed by atoms with Crippen molar-refractivity contribution >= 4 is 29.5 Å². The first-order valence-electron chi connectivity index (χ1n) is 12.1. The standard InChI is InChI=1S/C27H26N2O7/c1-4-33-25(30)14-10-11-15-18-13-20(36-27(32)35-6-3)21-16-8-7-9-17(26(31)34-5-2)22(16)29-24(21)23(18)28-19(15)12-14/h7,9-11,20H,4-6,8,12-13H2,1-3H3. The monoisotopic (exact) mass is 490 g/mol. The number of carbonyl (C=O) groups is 3. The molecule has 2 heterocycles. The Morgan fingerprint density at radius 1 is 0.917 bits per heavy atom. The van der Waals surface area contributed by atoms with Gasteiger partial charge in [-0.05, 0) is 44.4 Å². The lowest BCUT2D eigenvalue weighted by molar-refractivity contribution is -0.139. The molecule has 0 aromatic carbocycles. The van der Waals surface area contributed by atoms with E-state index < -0.39 is 18.2 Å². The molecule has 1 atom stereocenters. The van der Waals surface area contributed by atoms with E-state index in [1.807, 2.05) is 12.2 Å². The van der Waals surface area contributed by atoms with Gasteiger partial charge in [-0.15, -0.1) is 0 Å². The summed E-state index contributed by atoms with van der Waals surface area (Å²) in [6.07, 6.45) is 7.00. The first-order valence-corrected chi connectivity index (χ1v) is 12.1. The van der Waals surface area contributed by atoms with Crippen molar-refractivity contribution in [2.75, 3.05) is 19.8 Å². The third-order valence-electron chi connectivity index (χ3n) is 6.40. The summed E-state index contributed by atoms with van der Waals surface area (Å²) >= 11 is 0. The lowest BCUT2D eigenvalue weighted by atomic mass is 9.81. The van der Waals surface area contributed by atoms with E-state index in [9.17, 15) is 14.4 Å². The van der Waals surface area contributed by atoms with Crippen LogP contribution < -0.4 is 0 Å². The number of aliphatic imine (C=N–C) groups is 2. The molecule has 9 heteroatoms. The van der Waals surface area contributed by atoms with Gasteiger partial charge in [0.15, 0.2) is 0 Å². The number of hydrogen-bond acceptors (Lipinski definition) is 9. The van der Waals surface area contributed by atoms with Crippen LogP contribution in [0.4, 0.5) is 4.79 Å². The number of hydrogen-bond donors (Lipinski definition) is 0. The highest BCUT2D eigenvalue weighted by atomic mass is 16.7. The Kier molecular flexibility index (Phi) is 6.30. The highest BCUT2D eigenvalue weighted by molar-refractivity contribution is 6.25. The smallest absolute Gasteiger partial charge is 0.463 e. The Bertz CT molecular complexity index is 1320. The molecule has 9 nitrogen and oxygen atoms in total. The zero-order chi connectivity index (χ0) is 25.4. The molecule has 36 heavy (non-hydrogen) atoms. The summed E-state index contributed by atoms with van der Waals surface area (Å²) in [5.41, 5.74) is 6.68. The highest BCUT2D eigenvalue weighted by Gasteiger charge is 2.44. The maximum atomic E-state index is 12.6. The Hall–Kier alpha value is -4.01. The molecular formula is C27H26N2O7. The number of rotatable bonds is 6. The van der Waals surface area contributed by atoms with Gasteiger partial charge in [0.05, 0.1) is 48.2 Å². The van der Waals surface area contributed by atoms with Gasteiger partial charge in [-0.2, -0.15) is 0 Å². The molecule has 0 radical (unpaired) electrons. The fourth-order valence-electron chi connectivity index (χ4n) is 4.96. The summed E-state index contributed by atoms with van der Waals surface area (Å²) in [6, 6.07) is 0. The van der Waals surface area contributed by atoms with Crippen LogP contribution in [0.25, 0.3) is 0 Å².